The van der Waals surface area contributed by atoms with Gasteiger partial charge in [0, 0.05) is 12.1 Å². The summed E-state index contributed by atoms with van der Waals surface area (Å²) in [6.45, 7) is 6.39. The average Bonchev–Trinajstić information content (AvgIpc) is 3.34. The summed E-state index contributed by atoms with van der Waals surface area (Å²) in [5.41, 5.74) is 1.37. The first-order valence-corrected chi connectivity index (χ1v) is 9.47. The maximum absolute atomic E-state index is 5.73. The zero-order chi connectivity index (χ0) is 17.3. The van der Waals surface area contributed by atoms with Crippen LogP contribution in [0.2, 0.25) is 0 Å². The molecule has 0 amide bonds. The van der Waals surface area contributed by atoms with Crippen molar-refractivity contribution >= 4 is 0 Å². The predicted molar refractivity (Wildman–Crippen MR) is 97.4 cm³/mol. The summed E-state index contributed by atoms with van der Waals surface area (Å²) in [4.78, 5) is 0. The normalized spacial score (nSPS) is 24.7. The van der Waals surface area contributed by atoms with Crippen LogP contribution in [0.25, 0.3) is 0 Å². The Morgan fingerprint density at radius 3 is 2.76 bits per heavy atom. The zero-order valence-corrected chi connectivity index (χ0v) is 15.2. The van der Waals surface area contributed by atoms with E-state index in [2.05, 4.69) is 24.3 Å². The van der Waals surface area contributed by atoms with Crippen LogP contribution in [0, 0.1) is 17.3 Å². The number of ether oxygens (including phenoxy) is 1. The molecule has 0 saturated heterocycles. The lowest BCUT2D eigenvalue weighted by Crippen LogP contribution is -2.57. The fourth-order valence-corrected chi connectivity index (χ4v) is 3.78. The Balaban J connectivity index is 1.26. The molecule has 4 heteroatoms. The van der Waals surface area contributed by atoms with Crippen LogP contribution in [-0.4, -0.2) is 17.7 Å². The van der Waals surface area contributed by atoms with Gasteiger partial charge in [-0.15, -0.1) is 0 Å². The first-order valence-electron chi connectivity index (χ1n) is 9.47. The number of aromatic nitrogens is 1. The fraction of sp³-hybridized carbons (Fsp3) is 0.571. The first-order chi connectivity index (χ1) is 12.1. The van der Waals surface area contributed by atoms with Crippen molar-refractivity contribution in [3.63, 3.8) is 0 Å². The second-order valence-electron chi connectivity index (χ2n) is 8.25. The summed E-state index contributed by atoms with van der Waals surface area (Å²) >= 11 is 0. The molecule has 1 N–H and O–H groups in total. The zero-order valence-electron chi connectivity index (χ0n) is 15.2. The van der Waals surface area contributed by atoms with Gasteiger partial charge in [-0.1, -0.05) is 37.2 Å². The Hall–Kier alpha value is -1.81. The summed E-state index contributed by atoms with van der Waals surface area (Å²) in [6.07, 6.45) is 5.05. The summed E-state index contributed by atoms with van der Waals surface area (Å²) in [6, 6.07) is 12.5. The van der Waals surface area contributed by atoms with Crippen molar-refractivity contribution in [2.24, 2.45) is 17.3 Å². The molecule has 0 aliphatic heterocycles. The predicted octanol–water partition coefficient (Wildman–Crippen LogP) is 4.21. The highest BCUT2D eigenvalue weighted by molar-refractivity contribution is 5.21. The molecule has 2 aliphatic carbocycles. The van der Waals surface area contributed by atoms with Gasteiger partial charge < -0.3 is 14.6 Å². The second kappa shape index (κ2) is 6.83. The third kappa shape index (κ3) is 3.90. The molecule has 4 nitrogen and oxygen atoms in total. The van der Waals surface area contributed by atoms with Gasteiger partial charge in [0.15, 0.2) is 5.76 Å². The van der Waals surface area contributed by atoms with Crippen molar-refractivity contribution in [1.82, 2.24) is 10.5 Å². The van der Waals surface area contributed by atoms with Gasteiger partial charge in [0.05, 0.1) is 5.69 Å². The molecule has 0 radical (unpaired) electrons. The summed E-state index contributed by atoms with van der Waals surface area (Å²) in [5.74, 6) is 3.25. The first kappa shape index (κ1) is 16.6. The summed E-state index contributed by atoms with van der Waals surface area (Å²) < 4.78 is 11.2. The Bertz CT molecular complexity index is 691. The largest absolute Gasteiger partial charge is 0.486 e. The average molecular weight is 340 g/mol. The van der Waals surface area contributed by atoms with Crippen LogP contribution in [0.5, 0.6) is 5.75 Å². The lowest BCUT2D eigenvalue weighted by atomic mass is 9.57. The topological polar surface area (TPSA) is 47.3 Å². The van der Waals surface area contributed by atoms with E-state index in [1.54, 1.807) is 0 Å². The molecule has 1 aromatic carbocycles. The number of rotatable bonds is 8. The van der Waals surface area contributed by atoms with Crippen molar-refractivity contribution in [1.29, 1.82) is 0 Å². The summed E-state index contributed by atoms with van der Waals surface area (Å²) in [5, 5.41) is 8.02. The van der Waals surface area contributed by atoms with Gasteiger partial charge in [-0.05, 0) is 61.6 Å². The van der Waals surface area contributed by atoms with E-state index in [0.29, 0.717) is 24.0 Å². The van der Waals surface area contributed by atoms with Crippen LogP contribution in [-0.2, 0) is 13.0 Å². The number of benzene rings is 1. The SMILES string of the molecule is CC1(C)[C@H](Cc2cc(COc3ccccc3)on2)C[C@@H]1NCC1CC1. The molecular formula is C21H28N2O2. The standard InChI is InChI=1S/C21H28N2O2/c1-21(2)16(11-20(21)22-13-15-8-9-15)10-17-12-19(25-23-17)14-24-18-6-4-3-5-7-18/h3-7,12,15-16,20,22H,8-11,13-14H2,1-2H3/t16-,20+/m1/s1. The maximum Gasteiger partial charge on any atom is 0.174 e. The third-order valence-corrected chi connectivity index (χ3v) is 6.01. The van der Waals surface area contributed by atoms with E-state index in [1.807, 2.05) is 36.4 Å². The number of para-hydroxylation sites is 1. The molecule has 4 rings (SSSR count). The Morgan fingerprint density at radius 2 is 2.04 bits per heavy atom. The smallest absolute Gasteiger partial charge is 0.174 e. The number of nitrogens with zero attached hydrogens (tertiary/aromatic N) is 1. The lowest BCUT2D eigenvalue weighted by Gasteiger charge is -2.52. The van der Waals surface area contributed by atoms with E-state index in [-0.39, 0.29) is 0 Å². The minimum absolute atomic E-state index is 0.328. The molecule has 0 spiro atoms. The van der Waals surface area contributed by atoms with Gasteiger partial charge >= 0.3 is 0 Å². The van der Waals surface area contributed by atoms with Crippen LogP contribution in [0.1, 0.15) is 44.6 Å². The Morgan fingerprint density at radius 1 is 1.24 bits per heavy atom. The molecule has 1 heterocycles. The molecule has 2 aliphatic rings. The Labute approximate surface area is 149 Å². The van der Waals surface area contributed by atoms with E-state index in [0.717, 1.165) is 29.5 Å². The fourth-order valence-electron chi connectivity index (χ4n) is 3.78. The second-order valence-corrected chi connectivity index (χ2v) is 8.25. The van der Waals surface area contributed by atoms with E-state index >= 15 is 0 Å². The monoisotopic (exact) mass is 340 g/mol. The van der Waals surface area contributed by atoms with E-state index < -0.39 is 0 Å². The van der Waals surface area contributed by atoms with Gasteiger partial charge in [0.2, 0.25) is 0 Å². The molecule has 2 saturated carbocycles. The van der Waals surface area contributed by atoms with Gasteiger partial charge in [0.25, 0.3) is 0 Å². The van der Waals surface area contributed by atoms with Gasteiger partial charge in [-0.25, -0.2) is 0 Å². The quantitative estimate of drug-likeness (QED) is 0.782. The van der Waals surface area contributed by atoms with E-state index in [1.165, 1.54) is 25.8 Å². The molecule has 2 fully saturated rings. The van der Waals surface area contributed by atoms with Gasteiger partial charge in [-0.3, -0.25) is 0 Å². The van der Waals surface area contributed by atoms with Crippen LogP contribution >= 0.6 is 0 Å². The molecule has 1 aromatic heterocycles. The highest BCUT2D eigenvalue weighted by Gasteiger charge is 2.48. The summed E-state index contributed by atoms with van der Waals surface area (Å²) in [7, 11) is 0. The number of hydrogen-bond acceptors (Lipinski definition) is 4. The molecule has 2 aromatic rings. The minimum atomic E-state index is 0.328. The lowest BCUT2D eigenvalue weighted by molar-refractivity contribution is 0.0131. The molecule has 134 valence electrons. The van der Waals surface area contributed by atoms with Crippen LogP contribution in [0.3, 0.4) is 0 Å². The Kier molecular flexibility index (Phi) is 4.55. The van der Waals surface area contributed by atoms with Crippen molar-refractivity contribution in [2.75, 3.05) is 6.54 Å². The third-order valence-electron chi connectivity index (χ3n) is 6.01. The van der Waals surface area contributed by atoms with Gasteiger partial charge in [-0.2, -0.15) is 0 Å². The number of nitrogens with one attached hydrogen (secondary N) is 1. The van der Waals surface area contributed by atoms with Crippen molar-refractivity contribution in [3.05, 3.63) is 47.9 Å². The van der Waals surface area contributed by atoms with Crippen LogP contribution in [0.15, 0.2) is 40.9 Å². The molecular weight excluding hydrogens is 312 g/mol. The van der Waals surface area contributed by atoms with Crippen LogP contribution in [0.4, 0.5) is 0 Å². The number of hydrogen-bond donors (Lipinski definition) is 1. The maximum atomic E-state index is 5.73. The highest BCUT2D eigenvalue weighted by atomic mass is 16.5. The van der Waals surface area contributed by atoms with Crippen LogP contribution < -0.4 is 10.1 Å². The highest BCUT2D eigenvalue weighted by Crippen LogP contribution is 2.48. The minimum Gasteiger partial charge on any atom is -0.486 e. The van der Waals surface area contributed by atoms with Crippen molar-refractivity contribution < 1.29 is 9.26 Å². The molecule has 0 bridgehead atoms. The molecule has 2 atom stereocenters. The molecule has 25 heavy (non-hydrogen) atoms. The molecule has 0 unspecified atom stereocenters. The van der Waals surface area contributed by atoms with E-state index in [9.17, 15) is 0 Å². The van der Waals surface area contributed by atoms with Crippen molar-refractivity contribution in [2.45, 2.75) is 52.2 Å². The van der Waals surface area contributed by atoms with Crippen molar-refractivity contribution in [3.8, 4) is 5.75 Å². The van der Waals surface area contributed by atoms with Gasteiger partial charge in [0.1, 0.15) is 12.4 Å². The van der Waals surface area contributed by atoms with E-state index in [4.69, 9.17) is 9.26 Å².